The number of halogens is 2. The Morgan fingerprint density at radius 3 is 2.67 bits per heavy atom. The molecule has 0 unspecified atom stereocenters. The zero-order valence-electron chi connectivity index (χ0n) is 7.61. The molecule has 0 aliphatic carbocycles. The minimum atomic E-state index is -0.503. The summed E-state index contributed by atoms with van der Waals surface area (Å²) < 4.78 is 18.4. The summed E-state index contributed by atoms with van der Waals surface area (Å²) in [6, 6.07) is 8.14. The Hall–Kier alpha value is -1.79. The highest BCUT2D eigenvalue weighted by atomic mass is 35.5. The van der Waals surface area contributed by atoms with Crippen LogP contribution in [0.25, 0.3) is 11.1 Å². The second-order valence-electron chi connectivity index (χ2n) is 2.79. The van der Waals surface area contributed by atoms with Gasteiger partial charge >= 0.3 is 0 Å². The zero-order chi connectivity index (χ0) is 9.97. The van der Waals surface area contributed by atoms with Gasteiger partial charge in [0.15, 0.2) is 0 Å². The number of nitriles is 1. The SMILES string of the molecule is Cl.N#Cc1cccc(-c2ccoc2)c1F. The van der Waals surface area contributed by atoms with Gasteiger partial charge in [-0.15, -0.1) is 12.4 Å². The average molecular weight is 224 g/mol. The maximum atomic E-state index is 13.6. The molecule has 0 aliphatic heterocycles. The highest BCUT2D eigenvalue weighted by molar-refractivity contribution is 5.85. The molecule has 0 spiro atoms. The van der Waals surface area contributed by atoms with E-state index in [-0.39, 0.29) is 18.0 Å². The first-order valence-corrected chi connectivity index (χ1v) is 4.04. The number of nitrogens with zero attached hydrogens (tertiary/aromatic N) is 1. The van der Waals surface area contributed by atoms with Gasteiger partial charge in [0.1, 0.15) is 11.9 Å². The van der Waals surface area contributed by atoms with Crippen molar-refractivity contribution in [3.8, 4) is 17.2 Å². The molecule has 2 rings (SSSR count). The summed E-state index contributed by atoms with van der Waals surface area (Å²) in [5.74, 6) is -0.503. The average Bonchev–Trinajstić information content (AvgIpc) is 2.71. The van der Waals surface area contributed by atoms with Crippen molar-refractivity contribution in [3.05, 3.63) is 48.2 Å². The predicted octanol–water partition coefficient (Wildman–Crippen LogP) is 3.38. The van der Waals surface area contributed by atoms with Crippen molar-refractivity contribution in [2.75, 3.05) is 0 Å². The molecule has 2 aromatic rings. The van der Waals surface area contributed by atoms with Crippen LogP contribution in [0.4, 0.5) is 4.39 Å². The molecular weight excluding hydrogens is 217 g/mol. The number of benzene rings is 1. The minimum absolute atomic E-state index is 0. The Kier molecular flexibility index (Phi) is 3.48. The van der Waals surface area contributed by atoms with Crippen LogP contribution in [0.1, 0.15) is 5.56 Å². The molecule has 1 heterocycles. The molecule has 4 heteroatoms. The lowest BCUT2D eigenvalue weighted by atomic mass is 10.1. The first kappa shape index (κ1) is 11.3. The summed E-state index contributed by atoms with van der Waals surface area (Å²) in [6.07, 6.45) is 2.91. The van der Waals surface area contributed by atoms with Crippen molar-refractivity contribution in [1.82, 2.24) is 0 Å². The summed E-state index contributed by atoms with van der Waals surface area (Å²) in [6.45, 7) is 0. The first-order chi connectivity index (χ1) is 6.83. The van der Waals surface area contributed by atoms with E-state index in [1.165, 1.54) is 18.6 Å². The van der Waals surface area contributed by atoms with Gasteiger partial charge in [0.2, 0.25) is 0 Å². The number of hydrogen-bond acceptors (Lipinski definition) is 2. The standard InChI is InChI=1S/C11H6FNO.ClH/c12-11-8(6-13)2-1-3-10(11)9-4-5-14-7-9;/h1-5,7H;1H. The summed E-state index contributed by atoms with van der Waals surface area (Å²) in [7, 11) is 0. The molecular formula is C11H7ClFNO. The minimum Gasteiger partial charge on any atom is -0.472 e. The topological polar surface area (TPSA) is 36.9 Å². The van der Waals surface area contributed by atoms with Gasteiger partial charge in [-0.2, -0.15) is 5.26 Å². The lowest BCUT2D eigenvalue weighted by Gasteiger charge is -1.99. The third kappa shape index (κ3) is 2.00. The van der Waals surface area contributed by atoms with E-state index in [1.54, 1.807) is 24.3 Å². The van der Waals surface area contributed by atoms with Gasteiger partial charge in [0.25, 0.3) is 0 Å². The second-order valence-corrected chi connectivity index (χ2v) is 2.79. The predicted molar refractivity (Wildman–Crippen MR) is 56.1 cm³/mol. The molecule has 1 aromatic carbocycles. The maximum Gasteiger partial charge on any atom is 0.148 e. The highest BCUT2D eigenvalue weighted by Crippen LogP contribution is 2.24. The number of furan rings is 1. The van der Waals surface area contributed by atoms with Crippen molar-refractivity contribution in [1.29, 1.82) is 5.26 Å². The van der Waals surface area contributed by atoms with Crippen LogP contribution in [-0.2, 0) is 0 Å². The van der Waals surface area contributed by atoms with Crippen LogP contribution in [0.5, 0.6) is 0 Å². The van der Waals surface area contributed by atoms with Gasteiger partial charge < -0.3 is 4.42 Å². The Bertz CT molecular complexity index is 488. The van der Waals surface area contributed by atoms with Crippen LogP contribution in [-0.4, -0.2) is 0 Å². The number of hydrogen-bond donors (Lipinski definition) is 0. The van der Waals surface area contributed by atoms with E-state index in [1.807, 2.05) is 0 Å². The van der Waals surface area contributed by atoms with Crippen LogP contribution < -0.4 is 0 Å². The summed E-state index contributed by atoms with van der Waals surface area (Å²) in [4.78, 5) is 0. The fraction of sp³-hybridized carbons (Fsp3) is 0. The molecule has 0 amide bonds. The van der Waals surface area contributed by atoms with Crippen LogP contribution in [0.15, 0.2) is 41.2 Å². The van der Waals surface area contributed by atoms with E-state index in [9.17, 15) is 4.39 Å². The molecule has 0 bridgehead atoms. The smallest absolute Gasteiger partial charge is 0.148 e. The Morgan fingerprint density at radius 1 is 1.27 bits per heavy atom. The second kappa shape index (κ2) is 4.63. The molecule has 76 valence electrons. The first-order valence-electron chi connectivity index (χ1n) is 4.04. The Morgan fingerprint density at radius 2 is 2.07 bits per heavy atom. The normalized spacial score (nSPS) is 9.07. The lowest BCUT2D eigenvalue weighted by molar-refractivity contribution is 0.567. The van der Waals surface area contributed by atoms with Gasteiger partial charge in [-0.3, -0.25) is 0 Å². The summed E-state index contributed by atoms with van der Waals surface area (Å²) in [5, 5.41) is 8.63. The van der Waals surface area contributed by atoms with E-state index in [4.69, 9.17) is 9.68 Å². The van der Waals surface area contributed by atoms with Crippen LogP contribution in [0.3, 0.4) is 0 Å². The third-order valence-electron chi connectivity index (χ3n) is 1.95. The van der Waals surface area contributed by atoms with E-state index >= 15 is 0 Å². The highest BCUT2D eigenvalue weighted by Gasteiger charge is 2.09. The molecule has 0 N–H and O–H groups in total. The molecule has 0 radical (unpaired) electrons. The van der Waals surface area contributed by atoms with Crippen molar-refractivity contribution in [2.45, 2.75) is 0 Å². The largest absolute Gasteiger partial charge is 0.472 e. The zero-order valence-corrected chi connectivity index (χ0v) is 8.42. The van der Waals surface area contributed by atoms with Gasteiger partial charge in [-0.1, -0.05) is 12.1 Å². The summed E-state index contributed by atoms with van der Waals surface area (Å²) >= 11 is 0. The van der Waals surface area contributed by atoms with Crippen LogP contribution >= 0.6 is 12.4 Å². The molecule has 0 saturated carbocycles. The van der Waals surface area contributed by atoms with Gasteiger partial charge in [0, 0.05) is 11.1 Å². The Labute approximate surface area is 92.4 Å². The van der Waals surface area contributed by atoms with Gasteiger partial charge in [-0.05, 0) is 12.1 Å². The van der Waals surface area contributed by atoms with Crippen molar-refractivity contribution < 1.29 is 8.81 Å². The third-order valence-corrected chi connectivity index (χ3v) is 1.95. The van der Waals surface area contributed by atoms with Gasteiger partial charge in [-0.25, -0.2) is 4.39 Å². The lowest BCUT2D eigenvalue weighted by Crippen LogP contribution is -1.87. The van der Waals surface area contributed by atoms with E-state index in [2.05, 4.69) is 0 Å². The van der Waals surface area contributed by atoms with Crippen molar-refractivity contribution in [2.24, 2.45) is 0 Å². The molecule has 0 fully saturated rings. The summed E-state index contributed by atoms with van der Waals surface area (Å²) in [5.41, 5.74) is 1.07. The van der Waals surface area contributed by atoms with E-state index < -0.39 is 5.82 Å². The quantitative estimate of drug-likeness (QED) is 0.743. The van der Waals surface area contributed by atoms with Gasteiger partial charge in [0.05, 0.1) is 18.1 Å². The van der Waals surface area contributed by atoms with E-state index in [0.29, 0.717) is 11.1 Å². The molecule has 0 saturated heterocycles. The molecule has 15 heavy (non-hydrogen) atoms. The molecule has 0 atom stereocenters. The van der Waals surface area contributed by atoms with E-state index in [0.717, 1.165) is 0 Å². The van der Waals surface area contributed by atoms with Crippen molar-refractivity contribution in [3.63, 3.8) is 0 Å². The fourth-order valence-electron chi connectivity index (χ4n) is 1.26. The Balaban J connectivity index is 0.00000112. The molecule has 2 nitrogen and oxygen atoms in total. The maximum absolute atomic E-state index is 13.6. The monoisotopic (exact) mass is 223 g/mol. The van der Waals surface area contributed by atoms with Crippen LogP contribution in [0, 0.1) is 17.1 Å². The molecule has 1 aromatic heterocycles. The van der Waals surface area contributed by atoms with Crippen molar-refractivity contribution >= 4 is 12.4 Å². The fourth-order valence-corrected chi connectivity index (χ4v) is 1.26. The number of rotatable bonds is 1. The van der Waals surface area contributed by atoms with Crippen LogP contribution in [0.2, 0.25) is 0 Å². The molecule has 0 aliphatic rings.